The van der Waals surface area contributed by atoms with Crippen LogP contribution in [0.1, 0.15) is 18.1 Å². The van der Waals surface area contributed by atoms with E-state index in [1.807, 2.05) is 0 Å². The Morgan fingerprint density at radius 3 is 2.82 bits per heavy atom. The van der Waals surface area contributed by atoms with E-state index in [9.17, 15) is 0 Å². The molecule has 1 aliphatic heterocycles. The zero-order valence-electron chi connectivity index (χ0n) is 10.8. The molecule has 0 spiro atoms. The van der Waals surface area contributed by atoms with Crippen molar-refractivity contribution in [2.45, 2.75) is 19.9 Å². The van der Waals surface area contributed by atoms with E-state index in [1.54, 1.807) is 7.11 Å². The fourth-order valence-electron chi connectivity index (χ4n) is 2.13. The van der Waals surface area contributed by atoms with Crippen LogP contribution in [0.15, 0.2) is 18.2 Å². The number of hydrogen-bond acceptors (Lipinski definition) is 3. The van der Waals surface area contributed by atoms with Crippen LogP contribution in [0, 0.1) is 5.92 Å². The molecule has 1 saturated heterocycles. The van der Waals surface area contributed by atoms with Crippen molar-refractivity contribution >= 4 is 0 Å². The second-order valence-electron chi connectivity index (χ2n) is 4.65. The van der Waals surface area contributed by atoms with E-state index in [0.717, 1.165) is 44.3 Å². The smallest absolute Gasteiger partial charge is 0.122 e. The molecule has 1 aromatic rings. The van der Waals surface area contributed by atoms with Crippen LogP contribution in [0.25, 0.3) is 0 Å². The second-order valence-corrected chi connectivity index (χ2v) is 4.65. The lowest BCUT2D eigenvalue weighted by atomic mass is 10.0. The predicted molar refractivity (Wildman–Crippen MR) is 70.4 cm³/mol. The molecule has 94 valence electrons. The highest BCUT2D eigenvalue weighted by atomic mass is 16.5. The number of benzene rings is 1. The highest BCUT2D eigenvalue weighted by molar-refractivity contribution is 5.37. The quantitative estimate of drug-likeness (QED) is 0.784. The summed E-state index contributed by atoms with van der Waals surface area (Å²) in [6.07, 6.45) is 1.02. The first kappa shape index (κ1) is 12.4. The molecule has 0 aliphatic carbocycles. The topological polar surface area (TPSA) is 33.3 Å². The predicted octanol–water partition coefficient (Wildman–Crippen LogP) is 1.57. The van der Waals surface area contributed by atoms with Gasteiger partial charge in [-0.1, -0.05) is 19.1 Å². The molecular formula is C14H22N2O. The van der Waals surface area contributed by atoms with Crippen molar-refractivity contribution in [3.05, 3.63) is 29.3 Å². The number of nitrogens with one attached hydrogen (secondary N) is 2. The fraction of sp³-hybridized carbons (Fsp3) is 0.571. The Labute approximate surface area is 104 Å². The highest BCUT2D eigenvalue weighted by Crippen LogP contribution is 2.20. The lowest BCUT2D eigenvalue weighted by Gasteiger charge is -2.27. The standard InChI is InChI=1S/C14H22N2O/c1-3-13-6-11(4-5-14(13)17-2)7-15-8-12-9-16-10-12/h4-6,12,15-16H,3,7-10H2,1-2H3. The molecule has 1 heterocycles. The van der Waals surface area contributed by atoms with Crippen molar-refractivity contribution in [2.75, 3.05) is 26.7 Å². The van der Waals surface area contributed by atoms with Crippen molar-refractivity contribution in [2.24, 2.45) is 5.92 Å². The molecule has 0 saturated carbocycles. The minimum absolute atomic E-state index is 0.818. The first-order valence-electron chi connectivity index (χ1n) is 6.40. The van der Waals surface area contributed by atoms with Gasteiger partial charge in [0.25, 0.3) is 0 Å². The minimum Gasteiger partial charge on any atom is -0.496 e. The average molecular weight is 234 g/mol. The lowest BCUT2D eigenvalue weighted by Crippen LogP contribution is -2.47. The fourth-order valence-corrected chi connectivity index (χ4v) is 2.13. The Kier molecular flexibility index (Phi) is 4.40. The van der Waals surface area contributed by atoms with Crippen LogP contribution in [0.2, 0.25) is 0 Å². The Morgan fingerprint density at radius 1 is 1.41 bits per heavy atom. The summed E-state index contributed by atoms with van der Waals surface area (Å²) in [6.45, 7) is 6.55. The molecule has 0 radical (unpaired) electrons. The van der Waals surface area contributed by atoms with Crippen LogP contribution >= 0.6 is 0 Å². The summed E-state index contributed by atoms with van der Waals surface area (Å²) in [7, 11) is 1.73. The van der Waals surface area contributed by atoms with Crippen LogP contribution in [0.5, 0.6) is 5.75 Å². The summed E-state index contributed by atoms with van der Waals surface area (Å²) < 4.78 is 5.33. The van der Waals surface area contributed by atoms with Gasteiger partial charge in [0.2, 0.25) is 0 Å². The number of hydrogen-bond donors (Lipinski definition) is 2. The minimum atomic E-state index is 0.818. The van der Waals surface area contributed by atoms with Gasteiger partial charge in [0.05, 0.1) is 7.11 Å². The van der Waals surface area contributed by atoms with Crippen molar-refractivity contribution in [3.63, 3.8) is 0 Å². The zero-order valence-corrected chi connectivity index (χ0v) is 10.8. The Morgan fingerprint density at radius 2 is 2.24 bits per heavy atom. The summed E-state index contributed by atoms with van der Waals surface area (Å²) >= 11 is 0. The summed E-state index contributed by atoms with van der Waals surface area (Å²) in [5.41, 5.74) is 2.63. The van der Waals surface area contributed by atoms with E-state index >= 15 is 0 Å². The van der Waals surface area contributed by atoms with E-state index in [0.29, 0.717) is 0 Å². The molecule has 0 atom stereocenters. The van der Waals surface area contributed by atoms with Crippen molar-refractivity contribution in [1.29, 1.82) is 0 Å². The Bertz CT molecular complexity index is 361. The number of ether oxygens (including phenoxy) is 1. The number of methoxy groups -OCH3 is 1. The van der Waals surface area contributed by atoms with Gasteiger partial charge in [-0.05, 0) is 29.5 Å². The number of rotatable bonds is 6. The third-order valence-electron chi connectivity index (χ3n) is 3.35. The molecule has 1 aliphatic rings. The molecule has 0 unspecified atom stereocenters. The Balaban J connectivity index is 1.86. The summed E-state index contributed by atoms with van der Waals surface area (Å²) in [6, 6.07) is 6.45. The van der Waals surface area contributed by atoms with Crippen LogP contribution in [-0.2, 0) is 13.0 Å². The molecule has 0 bridgehead atoms. The van der Waals surface area contributed by atoms with Gasteiger partial charge in [0.15, 0.2) is 0 Å². The normalized spacial score (nSPS) is 15.6. The van der Waals surface area contributed by atoms with E-state index in [1.165, 1.54) is 11.1 Å². The van der Waals surface area contributed by atoms with Gasteiger partial charge in [0.1, 0.15) is 5.75 Å². The second kappa shape index (κ2) is 6.03. The van der Waals surface area contributed by atoms with Gasteiger partial charge in [-0.2, -0.15) is 0 Å². The molecule has 17 heavy (non-hydrogen) atoms. The van der Waals surface area contributed by atoms with Crippen LogP contribution in [-0.4, -0.2) is 26.7 Å². The molecule has 1 aromatic carbocycles. The molecule has 0 aromatic heterocycles. The van der Waals surface area contributed by atoms with Gasteiger partial charge in [-0.25, -0.2) is 0 Å². The van der Waals surface area contributed by atoms with Crippen LogP contribution in [0.4, 0.5) is 0 Å². The summed E-state index contributed by atoms with van der Waals surface area (Å²) in [5.74, 6) is 1.82. The van der Waals surface area contributed by atoms with Crippen LogP contribution in [0.3, 0.4) is 0 Å². The summed E-state index contributed by atoms with van der Waals surface area (Å²) in [4.78, 5) is 0. The van der Waals surface area contributed by atoms with Gasteiger partial charge in [-0.15, -0.1) is 0 Å². The van der Waals surface area contributed by atoms with Gasteiger partial charge in [0, 0.05) is 26.2 Å². The summed E-state index contributed by atoms with van der Waals surface area (Å²) in [5, 5.41) is 6.80. The monoisotopic (exact) mass is 234 g/mol. The maximum atomic E-state index is 5.33. The molecule has 2 rings (SSSR count). The van der Waals surface area contributed by atoms with Crippen molar-refractivity contribution in [1.82, 2.24) is 10.6 Å². The number of aryl methyl sites for hydroxylation is 1. The maximum Gasteiger partial charge on any atom is 0.122 e. The average Bonchev–Trinajstić information content (AvgIpc) is 2.32. The van der Waals surface area contributed by atoms with Gasteiger partial charge < -0.3 is 15.4 Å². The highest BCUT2D eigenvalue weighted by Gasteiger charge is 2.15. The largest absolute Gasteiger partial charge is 0.496 e. The molecule has 1 fully saturated rings. The van der Waals surface area contributed by atoms with E-state index < -0.39 is 0 Å². The van der Waals surface area contributed by atoms with E-state index in [-0.39, 0.29) is 0 Å². The van der Waals surface area contributed by atoms with Crippen molar-refractivity contribution < 1.29 is 4.74 Å². The van der Waals surface area contributed by atoms with E-state index in [2.05, 4.69) is 35.8 Å². The van der Waals surface area contributed by atoms with Crippen LogP contribution < -0.4 is 15.4 Å². The maximum absolute atomic E-state index is 5.33. The third-order valence-corrected chi connectivity index (χ3v) is 3.35. The molecule has 3 heteroatoms. The van der Waals surface area contributed by atoms with Gasteiger partial charge >= 0.3 is 0 Å². The lowest BCUT2D eigenvalue weighted by molar-refractivity contribution is 0.331. The molecular weight excluding hydrogens is 212 g/mol. The third kappa shape index (κ3) is 3.20. The molecule has 0 amide bonds. The van der Waals surface area contributed by atoms with E-state index in [4.69, 9.17) is 4.74 Å². The molecule has 3 nitrogen and oxygen atoms in total. The molecule has 2 N–H and O–H groups in total. The van der Waals surface area contributed by atoms with Gasteiger partial charge in [-0.3, -0.25) is 0 Å². The Hall–Kier alpha value is -1.06. The first-order chi connectivity index (χ1) is 8.33. The first-order valence-corrected chi connectivity index (χ1v) is 6.40. The van der Waals surface area contributed by atoms with Crippen molar-refractivity contribution in [3.8, 4) is 5.75 Å². The SMILES string of the molecule is CCc1cc(CNCC2CNC2)ccc1OC. The zero-order chi connectivity index (χ0) is 12.1.